The number of Topliss-reactive ketones (excluding diaryl/α,β-unsaturated/α-hetero) is 1. The van der Waals surface area contributed by atoms with Crippen LogP contribution in [0.3, 0.4) is 0 Å². The maximum atomic E-state index is 14.7. The molecule has 1 spiro atoms. The van der Waals surface area contributed by atoms with Crippen molar-refractivity contribution in [1.29, 1.82) is 0 Å². The van der Waals surface area contributed by atoms with Crippen LogP contribution in [0.2, 0.25) is 0 Å². The number of amides is 4. The number of nitrogens with zero attached hydrogens (tertiary/aromatic N) is 4. The van der Waals surface area contributed by atoms with E-state index in [0.717, 1.165) is 107 Å². The highest BCUT2D eigenvalue weighted by Gasteiger charge is 2.49. The lowest BCUT2D eigenvalue weighted by atomic mass is 9.81. The zero-order valence-electron chi connectivity index (χ0n) is 38.7. The summed E-state index contributed by atoms with van der Waals surface area (Å²) in [5.74, 6) is 1.09. The van der Waals surface area contributed by atoms with E-state index in [1.54, 1.807) is 11.1 Å². The Bertz CT molecular complexity index is 2680. The van der Waals surface area contributed by atoms with Crippen LogP contribution in [0.1, 0.15) is 119 Å². The van der Waals surface area contributed by atoms with E-state index in [-0.39, 0.29) is 46.9 Å². The van der Waals surface area contributed by atoms with Gasteiger partial charge in [-0.05, 0) is 102 Å². The monoisotopic (exact) mass is 896 g/mol. The van der Waals surface area contributed by atoms with Crippen LogP contribution in [-0.4, -0.2) is 98.9 Å². The number of fused-ring (bicyclic) bond motifs is 2. The summed E-state index contributed by atoms with van der Waals surface area (Å²) >= 11 is 0. The van der Waals surface area contributed by atoms with Crippen LogP contribution in [0.25, 0.3) is 44.5 Å². The highest BCUT2D eigenvalue weighted by Crippen LogP contribution is 2.53. The fraction of sp³-hybridized carbons (Fsp3) is 0.471. The van der Waals surface area contributed by atoms with E-state index in [9.17, 15) is 24.0 Å². The molecule has 0 radical (unpaired) electrons. The highest BCUT2D eigenvalue weighted by molar-refractivity contribution is 6.12. The van der Waals surface area contributed by atoms with E-state index in [0.29, 0.717) is 31.2 Å². The molecule has 0 unspecified atom stereocenters. The molecule has 2 aliphatic heterocycles. The Hall–Kier alpha value is -6.51. The molecule has 3 aromatic carbocycles. The van der Waals surface area contributed by atoms with E-state index in [4.69, 9.17) is 19.4 Å². The molecule has 15 heteroatoms. The van der Waals surface area contributed by atoms with Gasteiger partial charge in [0.15, 0.2) is 5.78 Å². The van der Waals surface area contributed by atoms with Crippen molar-refractivity contribution in [2.45, 2.75) is 110 Å². The smallest absolute Gasteiger partial charge is 0.407 e. The number of methoxy groups -OCH3 is 2. The molecule has 1 saturated carbocycles. The van der Waals surface area contributed by atoms with Crippen LogP contribution in [0, 0.1) is 17.3 Å². The summed E-state index contributed by atoms with van der Waals surface area (Å²) in [7, 11) is 2.58. The molecule has 2 aliphatic carbocycles. The Balaban J connectivity index is 0.982. The third kappa shape index (κ3) is 8.10. The first kappa shape index (κ1) is 44.7. The van der Waals surface area contributed by atoms with Gasteiger partial charge in [0.05, 0.1) is 49.2 Å². The van der Waals surface area contributed by atoms with Crippen LogP contribution in [0.4, 0.5) is 9.59 Å². The number of benzene rings is 3. The van der Waals surface area contributed by atoms with Gasteiger partial charge in [-0.15, -0.1) is 0 Å². The Labute approximate surface area is 384 Å². The number of carbonyl (C=O) groups is 5. The molecule has 4 heterocycles. The predicted octanol–water partition coefficient (Wildman–Crippen LogP) is 8.67. The number of nitrogens with one attached hydrogen (secondary N) is 4. The number of ether oxygens (including phenoxy) is 2. The van der Waals surface area contributed by atoms with E-state index in [1.807, 2.05) is 50.8 Å². The van der Waals surface area contributed by atoms with Crippen LogP contribution in [0.15, 0.2) is 60.8 Å². The van der Waals surface area contributed by atoms with E-state index in [1.165, 1.54) is 14.2 Å². The largest absolute Gasteiger partial charge is 0.453 e. The molecular weight excluding hydrogens is 837 g/mol. The molecule has 2 aromatic heterocycles. The average molecular weight is 897 g/mol. The van der Waals surface area contributed by atoms with Crippen molar-refractivity contribution < 1.29 is 33.4 Å². The summed E-state index contributed by atoms with van der Waals surface area (Å²) in [6, 6.07) is 16.7. The van der Waals surface area contributed by atoms with Crippen molar-refractivity contribution >= 4 is 40.8 Å². The van der Waals surface area contributed by atoms with E-state index < -0.39 is 24.3 Å². The number of likely N-dealkylation sites (tertiary alicyclic amines) is 2. The molecule has 0 bridgehead atoms. The molecule has 5 aromatic rings. The summed E-state index contributed by atoms with van der Waals surface area (Å²) < 4.78 is 9.60. The minimum Gasteiger partial charge on any atom is -0.453 e. The Morgan fingerprint density at radius 2 is 1.27 bits per heavy atom. The average Bonchev–Trinajstić information content (AvgIpc) is 4.19. The van der Waals surface area contributed by atoms with Crippen LogP contribution < -0.4 is 10.6 Å². The lowest BCUT2D eigenvalue weighted by molar-refractivity contribution is -0.136. The number of carbonyl (C=O) groups excluding carboxylic acids is 5. The first-order valence-corrected chi connectivity index (χ1v) is 23.5. The summed E-state index contributed by atoms with van der Waals surface area (Å²) in [6.07, 6.45) is 8.26. The van der Waals surface area contributed by atoms with Crippen LogP contribution in [0.5, 0.6) is 0 Å². The fourth-order valence-electron chi connectivity index (χ4n) is 11.0. The van der Waals surface area contributed by atoms with Gasteiger partial charge in [-0.25, -0.2) is 19.6 Å². The lowest BCUT2D eigenvalue weighted by Gasteiger charge is -2.30. The normalized spacial score (nSPS) is 19.8. The Morgan fingerprint density at radius 1 is 0.712 bits per heavy atom. The van der Waals surface area contributed by atoms with Gasteiger partial charge in [0.1, 0.15) is 23.7 Å². The van der Waals surface area contributed by atoms with Gasteiger partial charge in [-0.1, -0.05) is 83.0 Å². The van der Waals surface area contributed by atoms with Crippen molar-refractivity contribution in [1.82, 2.24) is 40.4 Å². The van der Waals surface area contributed by atoms with Gasteiger partial charge < -0.3 is 39.9 Å². The van der Waals surface area contributed by atoms with E-state index >= 15 is 0 Å². The molecule has 4 N–H and O–H groups in total. The SMILES string of the molecule is COC(=O)N[C@H](C(=O)N1CCC[C@H]1c1ncc(-c2ccc(-c3ccc(-c4ccc5nc([C@@H]6CCCN6C(=O)[C@@H](NC(=O)OC)C(C)C)[nH]c5c4)c4c3C(=O)C3(CCCC3)C4)cc2)[nH]1)C(C)C. The standard InChI is InChI=1S/C51H60N8O7/c1-28(2)42(56-49(63)65-5)47(61)58-23-9-11-39(58)45-52-27-38(55-45)31-15-13-30(14-16-31)34-19-18-33(35-26-51(21-7-8-22-51)44(60)41(34)35)32-17-20-36-37(25-32)54-46(53-36)40-12-10-24-59(40)48(62)43(29(3)4)57-50(64)66-6/h13-20,25,27-29,39-40,42-43H,7-12,21-24,26H2,1-6H3,(H,52,55)(H,53,54)(H,56,63)(H,57,64)/t39-,40-,42-,43-/m0/s1. The summed E-state index contributed by atoms with van der Waals surface area (Å²) in [6.45, 7) is 8.75. The highest BCUT2D eigenvalue weighted by atomic mass is 16.5. The Morgan fingerprint density at radius 3 is 1.86 bits per heavy atom. The minimum atomic E-state index is -0.718. The minimum absolute atomic E-state index is 0.126. The van der Waals surface area contributed by atoms with Gasteiger partial charge >= 0.3 is 12.2 Å². The number of hydrogen-bond acceptors (Lipinski definition) is 9. The second kappa shape index (κ2) is 18.0. The third-order valence-electron chi connectivity index (χ3n) is 14.5. The quantitative estimate of drug-likeness (QED) is 0.100. The topological polar surface area (TPSA) is 192 Å². The number of ketones is 1. The second-order valence-electron chi connectivity index (χ2n) is 19.2. The Kier molecular flexibility index (Phi) is 12.2. The lowest BCUT2D eigenvalue weighted by Crippen LogP contribution is -2.51. The molecule has 346 valence electrons. The van der Waals surface area contributed by atoms with E-state index in [2.05, 4.69) is 57.0 Å². The maximum absolute atomic E-state index is 14.7. The van der Waals surface area contributed by atoms with Crippen LogP contribution >= 0.6 is 0 Å². The first-order valence-electron chi connectivity index (χ1n) is 23.5. The first-order chi connectivity index (χ1) is 31.8. The molecule has 66 heavy (non-hydrogen) atoms. The second-order valence-corrected chi connectivity index (χ2v) is 19.2. The van der Waals surface area contributed by atoms with Gasteiger partial charge in [0.2, 0.25) is 11.8 Å². The number of alkyl carbamates (subject to hydrolysis) is 2. The van der Waals surface area contributed by atoms with Crippen molar-refractivity contribution in [2.75, 3.05) is 27.3 Å². The molecule has 15 nitrogen and oxygen atoms in total. The van der Waals surface area contributed by atoms with Gasteiger partial charge in [0, 0.05) is 24.1 Å². The number of rotatable bonds is 11. The van der Waals surface area contributed by atoms with Gasteiger partial charge in [0.25, 0.3) is 0 Å². The molecule has 3 fully saturated rings. The molecular formula is C51H60N8O7. The van der Waals surface area contributed by atoms with Gasteiger partial charge in [-0.2, -0.15) is 0 Å². The molecule has 9 rings (SSSR count). The summed E-state index contributed by atoms with van der Waals surface area (Å²) in [4.78, 5) is 86.8. The molecule has 4 aliphatic rings. The zero-order valence-corrected chi connectivity index (χ0v) is 38.7. The third-order valence-corrected chi connectivity index (χ3v) is 14.5. The van der Waals surface area contributed by atoms with Crippen molar-refractivity contribution in [3.8, 4) is 33.5 Å². The maximum Gasteiger partial charge on any atom is 0.407 e. The fourth-order valence-corrected chi connectivity index (χ4v) is 11.0. The molecule has 4 amide bonds. The number of H-pyrrole nitrogens is 2. The van der Waals surface area contributed by atoms with Crippen molar-refractivity contribution in [3.05, 3.63) is 83.6 Å². The predicted molar refractivity (Wildman–Crippen MR) is 249 cm³/mol. The number of aromatic nitrogens is 4. The number of imidazole rings is 2. The summed E-state index contributed by atoms with van der Waals surface area (Å²) in [5, 5.41) is 5.43. The van der Waals surface area contributed by atoms with Crippen LogP contribution in [-0.2, 0) is 25.5 Å². The van der Waals surface area contributed by atoms with Crippen molar-refractivity contribution in [3.63, 3.8) is 0 Å². The number of aromatic amines is 2. The molecule has 2 saturated heterocycles. The summed E-state index contributed by atoms with van der Waals surface area (Å²) in [5.41, 5.74) is 8.84. The van der Waals surface area contributed by atoms with Gasteiger partial charge in [-0.3, -0.25) is 14.4 Å². The molecule has 4 atom stereocenters. The van der Waals surface area contributed by atoms with Crippen molar-refractivity contribution in [2.24, 2.45) is 17.3 Å². The zero-order chi connectivity index (χ0) is 46.4. The number of hydrogen-bond donors (Lipinski definition) is 4.